The summed E-state index contributed by atoms with van der Waals surface area (Å²) in [5, 5.41) is 0. The average molecular weight is 307 g/mol. The number of rotatable bonds is 3. The molecule has 5 nitrogen and oxygen atoms in total. The first-order valence-corrected chi connectivity index (χ1v) is 4.97. The fourth-order valence-electron chi connectivity index (χ4n) is 0.831. The molecule has 0 aliphatic carbocycles. The van der Waals surface area contributed by atoms with Crippen LogP contribution in [0.5, 0.6) is 0 Å². The van der Waals surface area contributed by atoms with Gasteiger partial charge in [0.15, 0.2) is 0 Å². The Hall–Kier alpha value is -0.920. The molecule has 1 rings (SSSR count). The quantitative estimate of drug-likeness (QED) is 0.607. The maximum absolute atomic E-state index is 10.9. The Bertz CT molecular complexity index is 315. The number of anilines is 1. The number of hydrogen-bond donors (Lipinski definition) is 0. The zero-order valence-electron chi connectivity index (χ0n) is 7.90. The molecule has 0 saturated heterocycles. The lowest BCUT2D eigenvalue weighted by atomic mass is 10.5. The topological polar surface area (TPSA) is 55.3 Å². The summed E-state index contributed by atoms with van der Waals surface area (Å²) in [5.74, 6) is 0.200. The van der Waals surface area contributed by atoms with Gasteiger partial charge in [0, 0.05) is 23.0 Å². The second-order valence-electron chi connectivity index (χ2n) is 2.63. The van der Waals surface area contributed by atoms with Gasteiger partial charge >= 0.3 is 5.97 Å². The summed E-state index contributed by atoms with van der Waals surface area (Å²) >= 11 is 2.12. The summed E-state index contributed by atoms with van der Waals surface area (Å²) in [6.45, 7) is 0.150. The number of ether oxygens (including phenoxy) is 1. The van der Waals surface area contributed by atoms with E-state index in [9.17, 15) is 4.79 Å². The van der Waals surface area contributed by atoms with E-state index in [1.54, 1.807) is 24.3 Å². The average Bonchev–Trinajstić information content (AvgIpc) is 2.18. The summed E-state index contributed by atoms with van der Waals surface area (Å²) in [7, 11) is 3.09. The van der Waals surface area contributed by atoms with Crippen molar-refractivity contribution in [2.45, 2.75) is 0 Å². The van der Waals surface area contributed by atoms with Crippen LogP contribution in [0.4, 0.5) is 5.95 Å². The van der Waals surface area contributed by atoms with Crippen LogP contribution in [0.1, 0.15) is 0 Å². The first-order chi connectivity index (χ1) is 6.63. The van der Waals surface area contributed by atoms with Crippen molar-refractivity contribution in [3.63, 3.8) is 0 Å². The standard InChI is InChI=1S/C8H10IN3O2/c1-12(5-7(13)14-2)8-10-3-6(9)4-11-8/h3-4H,5H2,1-2H3. The Morgan fingerprint density at radius 1 is 1.57 bits per heavy atom. The van der Waals surface area contributed by atoms with Crippen LogP contribution in [0.15, 0.2) is 12.4 Å². The number of likely N-dealkylation sites (N-methyl/N-ethyl adjacent to an activating group) is 1. The van der Waals surface area contributed by atoms with Crippen molar-refractivity contribution >= 4 is 34.5 Å². The van der Waals surface area contributed by atoms with Crippen molar-refractivity contribution in [1.82, 2.24) is 9.97 Å². The van der Waals surface area contributed by atoms with Gasteiger partial charge in [-0.3, -0.25) is 4.79 Å². The van der Waals surface area contributed by atoms with Crippen molar-refractivity contribution in [2.75, 3.05) is 25.6 Å². The van der Waals surface area contributed by atoms with Crippen molar-refractivity contribution in [2.24, 2.45) is 0 Å². The molecular formula is C8H10IN3O2. The second kappa shape index (κ2) is 5.08. The van der Waals surface area contributed by atoms with Crippen molar-refractivity contribution in [1.29, 1.82) is 0 Å². The van der Waals surface area contributed by atoms with Crippen molar-refractivity contribution in [3.05, 3.63) is 16.0 Å². The minimum Gasteiger partial charge on any atom is -0.468 e. The van der Waals surface area contributed by atoms with Crippen LogP contribution in [0.3, 0.4) is 0 Å². The number of halogens is 1. The third-order valence-corrected chi connectivity index (χ3v) is 2.10. The minimum atomic E-state index is -0.311. The van der Waals surface area contributed by atoms with Crippen LogP contribution in [0.2, 0.25) is 0 Å². The lowest BCUT2D eigenvalue weighted by molar-refractivity contribution is -0.138. The van der Waals surface area contributed by atoms with Gasteiger partial charge in [-0.25, -0.2) is 9.97 Å². The molecule has 6 heteroatoms. The largest absolute Gasteiger partial charge is 0.468 e. The summed E-state index contributed by atoms with van der Waals surface area (Å²) in [5.41, 5.74) is 0. The molecule has 0 aliphatic heterocycles. The van der Waals surface area contributed by atoms with Crippen LogP contribution in [-0.2, 0) is 9.53 Å². The van der Waals surface area contributed by atoms with Gasteiger partial charge in [-0.1, -0.05) is 0 Å². The molecule has 0 N–H and O–H groups in total. The third kappa shape index (κ3) is 3.09. The van der Waals surface area contributed by atoms with E-state index in [0.29, 0.717) is 5.95 Å². The fraction of sp³-hybridized carbons (Fsp3) is 0.375. The molecule has 0 aliphatic rings. The predicted octanol–water partition coefficient (Wildman–Crippen LogP) is 0.690. The first kappa shape index (κ1) is 11.2. The van der Waals surface area contributed by atoms with E-state index in [1.807, 2.05) is 0 Å². The van der Waals surface area contributed by atoms with Crippen molar-refractivity contribution < 1.29 is 9.53 Å². The zero-order chi connectivity index (χ0) is 10.6. The van der Waals surface area contributed by atoms with Crippen LogP contribution < -0.4 is 4.90 Å². The summed E-state index contributed by atoms with van der Waals surface area (Å²) in [4.78, 5) is 20.7. The summed E-state index contributed by atoms with van der Waals surface area (Å²) < 4.78 is 5.48. The van der Waals surface area contributed by atoms with E-state index in [-0.39, 0.29) is 12.5 Å². The molecule has 0 atom stereocenters. The second-order valence-corrected chi connectivity index (χ2v) is 3.88. The normalized spacial score (nSPS) is 9.64. The van der Waals surface area contributed by atoms with E-state index < -0.39 is 0 Å². The molecule has 0 aromatic carbocycles. The molecule has 1 aromatic rings. The smallest absolute Gasteiger partial charge is 0.325 e. The molecule has 0 fully saturated rings. The molecule has 76 valence electrons. The third-order valence-electron chi connectivity index (χ3n) is 1.54. The Kier molecular flexibility index (Phi) is 4.05. The molecule has 0 bridgehead atoms. The molecule has 14 heavy (non-hydrogen) atoms. The lowest BCUT2D eigenvalue weighted by Crippen LogP contribution is -2.27. The molecular weight excluding hydrogens is 297 g/mol. The van der Waals surface area contributed by atoms with E-state index >= 15 is 0 Å². The maximum atomic E-state index is 10.9. The van der Waals surface area contributed by atoms with Crippen LogP contribution in [0, 0.1) is 3.57 Å². The Balaban J connectivity index is 2.65. The number of carbonyl (C=O) groups excluding carboxylic acids is 1. The molecule has 0 spiro atoms. The van der Waals surface area contributed by atoms with E-state index in [2.05, 4.69) is 37.3 Å². The minimum absolute atomic E-state index is 0.150. The Labute approximate surface area is 95.6 Å². The summed E-state index contributed by atoms with van der Waals surface area (Å²) in [6.07, 6.45) is 3.38. The van der Waals surface area contributed by atoms with Gasteiger partial charge in [-0.15, -0.1) is 0 Å². The van der Waals surface area contributed by atoms with Gasteiger partial charge in [0.2, 0.25) is 5.95 Å². The monoisotopic (exact) mass is 307 g/mol. The summed E-state index contributed by atoms with van der Waals surface area (Å²) in [6, 6.07) is 0. The van der Waals surface area contributed by atoms with Gasteiger partial charge in [-0.05, 0) is 22.6 Å². The molecule has 0 amide bonds. The Morgan fingerprint density at radius 3 is 2.64 bits per heavy atom. The molecule has 1 aromatic heterocycles. The lowest BCUT2D eigenvalue weighted by Gasteiger charge is -2.14. The predicted molar refractivity (Wildman–Crippen MR) is 60.0 cm³/mol. The molecule has 0 saturated carbocycles. The number of methoxy groups -OCH3 is 1. The highest BCUT2D eigenvalue weighted by Crippen LogP contribution is 2.06. The first-order valence-electron chi connectivity index (χ1n) is 3.89. The highest BCUT2D eigenvalue weighted by molar-refractivity contribution is 14.1. The van der Waals surface area contributed by atoms with Gasteiger partial charge < -0.3 is 9.64 Å². The molecule has 0 radical (unpaired) electrons. The number of aromatic nitrogens is 2. The highest BCUT2D eigenvalue weighted by atomic mass is 127. The van der Waals surface area contributed by atoms with Crippen LogP contribution in [-0.4, -0.2) is 36.6 Å². The van der Waals surface area contributed by atoms with Gasteiger partial charge in [0.1, 0.15) is 6.54 Å². The van der Waals surface area contributed by atoms with Crippen molar-refractivity contribution in [3.8, 4) is 0 Å². The van der Waals surface area contributed by atoms with E-state index in [1.165, 1.54) is 7.11 Å². The number of esters is 1. The van der Waals surface area contributed by atoms with Gasteiger partial charge in [0.05, 0.1) is 7.11 Å². The van der Waals surface area contributed by atoms with Gasteiger partial charge in [-0.2, -0.15) is 0 Å². The molecule has 0 unspecified atom stereocenters. The van der Waals surface area contributed by atoms with Crippen LogP contribution >= 0.6 is 22.6 Å². The SMILES string of the molecule is COC(=O)CN(C)c1ncc(I)cn1. The zero-order valence-corrected chi connectivity index (χ0v) is 10.1. The molecule has 1 heterocycles. The maximum Gasteiger partial charge on any atom is 0.325 e. The van der Waals surface area contributed by atoms with E-state index in [4.69, 9.17) is 0 Å². The number of nitrogens with zero attached hydrogens (tertiary/aromatic N) is 3. The fourth-order valence-corrected chi connectivity index (χ4v) is 1.11. The number of hydrogen-bond acceptors (Lipinski definition) is 5. The van der Waals surface area contributed by atoms with E-state index in [0.717, 1.165) is 3.57 Å². The van der Waals surface area contributed by atoms with Crippen LogP contribution in [0.25, 0.3) is 0 Å². The van der Waals surface area contributed by atoms with Gasteiger partial charge in [0.25, 0.3) is 0 Å². The Morgan fingerprint density at radius 2 is 2.14 bits per heavy atom. The highest BCUT2D eigenvalue weighted by Gasteiger charge is 2.08. The number of carbonyl (C=O) groups is 1.